The van der Waals surface area contributed by atoms with Gasteiger partial charge in [-0.05, 0) is 43.3 Å². The predicted octanol–water partition coefficient (Wildman–Crippen LogP) is 4.09. The van der Waals surface area contributed by atoms with E-state index in [0.717, 1.165) is 17.2 Å². The molecule has 4 rings (SSSR count). The van der Waals surface area contributed by atoms with Crippen LogP contribution in [0.2, 0.25) is 0 Å². The highest BCUT2D eigenvalue weighted by molar-refractivity contribution is 6.03. The van der Waals surface area contributed by atoms with Gasteiger partial charge in [-0.15, -0.1) is 0 Å². The quantitative estimate of drug-likeness (QED) is 0.494. The fourth-order valence-electron chi connectivity index (χ4n) is 2.72. The number of carbonyl (C=O) groups is 1. The lowest BCUT2D eigenvalue weighted by Crippen LogP contribution is -2.13. The molecule has 152 valence electrons. The van der Waals surface area contributed by atoms with Crippen LogP contribution in [0.1, 0.15) is 16.2 Å². The number of amides is 1. The van der Waals surface area contributed by atoms with Gasteiger partial charge >= 0.3 is 0 Å². The van der Waals surface area contributed by atoms with E-state index in [4.69, 9.17) is 8.94 Å². The first-order valence-electron chi connectivity index (χ1n) is 9.20. The van der Waals surface area contributed by atoms with Crippen LogP contribution in [0.15, 0.2) is 63.7 Å². The Labute approximate surface area is 172 Å². The van der Waals surface area contributed by atoms with Crippen molar-refractivity contribution in [3.05, 3.63) is 66.2 Å². The Kier molecular flexibility index (Phi) is 5.17. The molecule has 30 heavy (non-hydrogen) atoms. The summed E-state index contributed by atoms with van der Waals surface area (Å²) in [5, 5.41) is 9.75. The maximum atomic E-state index is 12.4. The topological polar surface area (TPSA) is 109 Å². The Hall–Kier alpha value is -4.14. The minimum Gasteiger partial charge on any atom is -0.461 e. The number of nitrogens with one attached hydrogen (secondary N) is 2. The van der Waals surface area contributed by atoms with E-state index in [-0.39, 0.29) is 11.6 Å². The highest BCUT2D eigenvalue weighted by Crippen LogP contribution is 2.22. The van der Waals surface area contributed by atoms with Crippen LogP contribution in [-0.2, 0) is 0 Å². The monoisotopic (exact) mass is 404 g/mol. The van der Waals surface area contributed by atoms with Crippen LogP contribution >= 0.6 is 0 Å². The molecule has 1 aromatic carbocycles. The van der Waals surface area contributed by atoms with Gasteiger partial charge in [0.1, 0.15) is 5.82 Å². The second-order valence-corrected chi connectivity index (χ2v) is 6.80. The summed E-state index contributed by atoms with van der Waals surface area (Å²) in [5.41, 5.74) is 2.44. The van der Waals surface area contributed by atoms with E-state index in [0.29, 0.717) is 23.2 Å². The molecule has 0 saturated heterocycles. The summed E-state index contributed by atoms with van der Waals surface area (Å²) in [4.78, 5) is 23.2. The standard InChI is InChI=1S/C21H20N6O3/c1-13-11-19(27(2)3)25-21(22-13)24-15-8-6-14(7-9-15)23-20(28)16-12-18(30-26-16)17-5-4-10-29-17/h4-12H,1-3H3,(H,23,28)(H,22,24,25). The number of aromatic nitrogens is 3. The summed E-state index contributed by atoms with van der Waals surface area (Å²) in [6.07, 6.45) is 1.52. The van der Waals surface area contributed by atoms with Gasteiger partial charge in [0.15, 0.2) is 11.5 Å². The van der Waals surface area contributed by atoms with E-state index in [9.17, 15) is 4.79 Å². The van der Waals surface area contributed by atoms with E-state index in [1.807, 2.05) is 44.1 Å². The molecule has 0 aliphatic rings. The Morgan fingerprint density at radius 1 is 1.00 bits per heavy atom. The Morgan fingerprint density at radius 3 is 2.47 bits per heavy atom. The number of hydrogen-bond acceptors (Lipinski definition) is 8. The van der Waals surface area contributed by atoms with Gasteiger partial charge in [-0.2, -0.15) is 4.98 Å². The zero-order valence-corrected chi connectivity index (χ0v) is 16.7. The van der Waals surface area contributed by atoms with Crippen molar-refractivity contribution in [2.24, 2.45) is 0 Å². The maximum Gasteiger partial charge on any atom is 0.277 e. The number of aryl methyl sites for hydroxylation is 1. The molecule has 0 saturated carbocycles. The lowest BCUT2D eigenvalue weighted by molar-refractivity contribution is 0.101. The van der Waals surface area contributed by atoms with E-state index < -0.39 is 0 Å². The average Bonchev–Trinajstić information content (AvgIpc) is 3.41. The van der Waals surface area contributed by atoms with Crippen LogP contribution in [0.3, 0.4) is 0 Å². The van der Waals surface area contributed by atoms with E-state index >= 15 is 0 Å². The Balaban J connectivity index is 1.42. The summed E-state index contributed by atoms with van der Waals surface area (Å²) in [5.74, 6) is 1.83. The van der Waals surface area contributed by atoms with Crippen molar-refractivity contribution in [2.75, 3.05) is 29.6 Å². The summed E-state index contributed by atoms with van der Waals surface area (Å²) in [7, 11) is 3.85. The molecule has 4 aromatic rings. The van der Waals surface area contributed by atoms with Gasteiger partial charge in [0.25, 0.3) is 5.91 Å². The number of furan rings is 1. The molecule has 9 nitrogen and oxygen atoms in total. The smallest absolute Gasteiger partial charge is 0.277 e. The number of nitrogens with zero attached hydrogens (tertiary/aromatic N) is 4. The van der Waals surface area contributed by atoms with Gasteiger partial charge in [0.05, 0.1) is 6.26 Å². The van der Waals surface area contributed by atoms with Crippen molar-refractivity contribution in [2.45, 2.75) is 6.92 Å². The minimum absolute atomic E-state index is 0.160. The maximum absolute atomic E-state index is 12.4. The van der Waals surface area contributed by atoms with Crippen LogP contribution in [0, 0.1) is 6.92 Å². The molecular weight excluding hydrogens is 384 g/mol. The molecular formula is C21H20N6O3. The largest absolute Gasteiger partial charge is 0.461 e. The van der Waals surface area contributed by atoms with Gasteiger partial charge in [0, 0.05) is 43.3 Å². The highest BCUT2D eigenvalue weighted by atomic mass is 16.5. The van der Waals surface area contributed by atoms with E-state index in [1.54, 1.807) is 24.3 Å². The zero-order valence-electron chi connectivity index (χ0n) is 16.7. The molecule has 9 heteroatoms. The predicted molar refractivity (Wildman–Crippen MR) is 113 cm³/mol. The van der Waals surface area contributed by atoms with Crippen LogP contribution in [0.5, 0.6) is 0 Å². The highest BCUT2D eigenvalue weighted by Gasteiger charge is 2.15. The SMILES string of the molecule is Cc1cc(N(C)C)nc(Nc2ccc(NC(=O)c3cc(-c4ccco4)on3)cc2)n1. The molecule has 3 aromatic heterocycles. The van der Waals surface area contributed by atoms with Crippen molar-refractivity contribution in [3.63, 3.8) is 0 Å². The minimum atomic E-state index is -0.380. The third kappa shape index (κ3) is 4.30. The van der Waals surface area contributed by atoms with Crippen LogP contribution in [0.25, 0.3) is 11.5 Å². The van der Waals surface area contributed by atoms with E-state index in [2.05, 4.69) is 25.8 Å². The van der Waals surface area contributed by atoms with Crippen molar-refractivity contribution >= 4 is 29.0 Å². The molecule has 0 unspecified atom stereocenters. The van der Waals surface area contributed by atoms with Gasteiger partial charge in [-0.3, -0.25) is 4.79 Å². The van der Waals surface area contributed by atoms with Gasteiger partial charge in [0.2, 0.25) is 11.7 Å². The number of anilines is 4. The number of rotatable bonds is 6. The summed E-state index contributed by atoms with van der Waals surface area (Å²) < 4.78 is 10.4. The first kappa shape index (κ1) is 19.2. The van der Waals surface area contributed by atoms with Gasteiger partial charge in [-0.1, -0.05) is 5.16 Å². The average molecular weight is 404 g/mol. The van der Waals surface area contributed by atoms with Crippen molar-refractivity contribution in [3.8, 4) is 11.5 Å². The zero-order chi connectivity index (χ0) is 21.1. The molecule has 0 aliphatic heterocycles. The summed E-state index contributed by atoms with van der Waals surface area (Å²) >= 11 is 0. The first-order valence-corrected chi connectivity index (χ1v) is 9.20. The fraction of sp³-hybridized carbons (Fsp3) is 0.143. The summed E-state index contributed by atoms with van der Waals surface area (Å²) in [6.45, 7) is 1.92. The first-order chi connectivity index (χ1) is 14.5. The molecule has 0 aliphatic carbocycles. The number of carbonyl (C=O) groups excluding carboxylic acids is 1. The molecule has 2 N–H and O–H groups in total. The van der Waals surface area contributed by atoms with Crippen LogP contribution in [-0.4, -0.2) is 35.1 Å². The molecule has 0 fully saturated rings. The Morgan fingerprint density at radius 2 is 1.77 bits per heavy atom. The molecule has 0 atom stereocenters. The second-order valence-electron chi connectivity index (χ2n) is 6.80. The molecule has 1 amide bonds. The number of hydrogen-bond donors (Lipinski definition) is 2. The van der Waals surface area contributed by atoms with Crippen molar-refractivity contribution in [1.82, 2.24) is 15.1 Å². The van der Waals surface area contributed by atoms with Crippen molar-refractivity contribution < 1.29 is 13.7 Å². The van der Waals surface area contributed by atoms with Crippen molar-refractivity contribution in [1.29, 1.82) is 0 Å². The Bertz CT molecular complexity index is 1150. The third-order valence-corrected chi connectivity index (χ3v) is 4.20. The number of benzene rings is 1. The molecule has 0 spiro atoms. The molecule has 0 bridgehead atoms. The lowest BCUT2D eigenvalue weighted by atomic mass is 10.2. The van der Waals surface area contributed by atoms with E-state index in [1.165, 1.54) is 12.3 Å². The van der Waals surface area contributed by atoms with Gasteiger partial charge in [-0.25, -0.2) is 4.98 Å². The lowest BCUT2D eigenvalue weighted by Gasteiger charge is -2.14. The second kappa shape index (κ2) is 8.08. The summed E-state index contributed by atoms with van der Waals surface area (Å²) in [6, 6.07) is 14.1. The normalized spacial score (nSPS) is 10.6. The third-order valence-electron chi connectivity index (χ3n) is 4.20. The van der Waals surface area contributed by atoms with Crippen LogP contribution in [0.4, 0.5) is 23.1 Å². The van der Waals surface area contributed by atoms with Gasteiger partial charge < -0.3 is 24.5 Å². The van der Waals surface area contributed by atoms with Crippen LogP contribution < -0.4 is 15.5 Å². The molecule has 0 radical (unpaired) electrons. The molecule has 3 heterocycles. The fourth-order valence-corrected chi connectivity index (χ4v) is 2.72.